The maximum atomic E-state index is 12.4. The Morgan fingerprint density at radius 3 is 2.56 bits per heavy atom. The molecule has 7 nitrogen and oxygen atoms in total. The number of nitrogens with one attached hydrogen (secondary N) is 2. The average Bonchev–Trinajstić information content (AvgIpc) is 2.63. The number of sulfonamides is 1. The molecule has 1 aliphatic heterocycles. The summed E-state index contributed by atoms with van der Waals surface area (Å²) in [6.07, 6.45) is 4.99. The van der Waals surface area contributed by atoms with E-state index in [9.17, 15) is 8.42 Å². The first-order chi connectivity index (χ1) is 12.0. The van der Waals surface area contributed by atoms with Crippen molar-refractivity contribution in [1.29, 1.82) is 0 Å². The second-order valence-corrected chi connectivity index (χ2v) is 8.36. The molecule has 2 aliphatic rings. The molecule has 1 fully saturated rings. The molecule has 2 N–H and O–H groups in total. The van der Waals surface area contributed by atoms with E-state index in [1.165, 1.54) is 37.8 Å². The van der Waals surface area contributed by atoms with Gasteiger partial charge in [0.15, 0.2) is 0 Å². The fourth-order valence-electron chi connectivity index (χ4n) is 3.51. The molecule has 1 aromatic rings. The average molecular weight is 366 g/mol. The van der Waals surface area contributed by atoms with Crippen LogP contribution in [0.3, 0.4) is 0 Å². The van der Waals surface area contributed by atoms with Crippen LogP contribution in [0.5, 0.6) is 5.75 Å². The fourth-order valence-corrected chi connectivity index (χ4v) is 4.52. The summed E-state index contributed by atoms with van der Waals surface area (Å²) in [6, 6.07) is 6.79. The summed E-state index contributed by atoms with van der Waals surface area (Å²) in [7, 11) is -2.11. The van der Waals surface area contributed by atoms with E-state index in [4.69, 9.17) is 4.74 Å². The molecule has 3 rings (SSSR count). The molecular weight excluding hydrogens is 340 g/mol. The smallest absolute Gasteiger partial charge is 0.264 e. The van der Waals surface area contributed by atoms with E-state index in [0.29, 0.717) is 37.0 Å². The Morgan fingerprint density at radius 2 is 1.96 bits per heavy atom. The first-order valence-electron chi connectivity index (χ1n) is 8.69. The SMILES string of the molecule is COc1ccc(S(=O)(=O)NC2=NCN([C@H]3CCCC[C@H]3C)CN2)cc1. The van der Waals surface area contributed by atoms with Crippen LogP contribution in [0.15, 0.2) is 34.2 Å². The lowest BCUT2D eigenvalue weighted by Gasteiger charge is -2.39. The van der Waals surface area contributed by atoms with Gasteiger partial charge in [-0.25, -0.2) is 18.1 Å². The number of aliphatic imine (C=N–C) groups is 1. The van der Waals surface area contributed by atoms with E-state index in [-0.39, 0.29) is 4.90 Å². The highest BCUT2D eigenvalue weighted by molar-refractivity contribution is 7.90. The second kappa shape index (κ2) is 7.61. The molecule has 25 heavy (non-hydrogen) atoms. The van der Waals surface area contributed by atoms with Crippen LogP contribution in [0.1, 0.15) is 32.6 Å². The quantitative estimate of drug-likeness (QED) is 0.848. The minimum absolute atomic E-state index is 0.182. The van der Waals surface area contributed by atoms with Crippen molar-refractivity contribution in [3.63, 3.8) is 0 Å². The van der Waals surface area contributed by atoms with Gasteiger partial charge in [0.2, 0.25) is 5.96 Å². The van der Waals surface area contributed by atoms with Crippen LogP contribution in [0, 0.1) is 5.92 Å². The number of hydrogen-bond donors (Lipinski definition) is 2. The third-order valence-corrected chi connectivity index (χ3v) is 6.35. The van der Waals surface area contributed by atoms with Crippen LogP contribution in [0.2, 0.25) is 0 Å². The molecule has 8 heteroatoms. The first kappa shape index (κ1) is 18.0. The Kier molecular flexibility index (Phi) is 5.48. The largest absolute Gasteiger partial charge is 0.497 e. The summed E-state index contributed by atoms with van der Waals surface area (Å²) in [6.45, 7) is 3.41. The minimum atomic E-state index is -3.66. The van der Waals surface area contributed by atoms with E-state index >= 15 is 0 Å². The van der Waals surface area contributed by atoms with Gasteiger partial charge in [0.05, 0.1) is 25.3 Å². The number of benzene rings is 1. The highest BCUT2D eigenvalue weighted by Gasteiger charge is 2.29. The van der Waals surface area contributed by atoms with Gasteiger partial charge < -0.3 is 10.1 Å². The molecule has 1 heterocycles. The summed E-state index contributed by atoms with van der Waals surface area (Å²) in [5.74, 6) is 1.57. The number of ether oxygens (including phenoxy) is 1. The number of nitrogens with zero attached hydrogens (tertiary/aromatic N) is 2. The van der Waals surface area contributed by atoms with Crippen molar-refractivity contribution < 1.29 is 13.2 Å². The molecule has 0 saturated heterocycles. The summed E-state index contributed by atoms with van der Waals surface area (Å²) < 4.78 is 32.5. The number of rotatable bonds is 4. The van der Waals surface area contributed by atoms with Gasteiger partial charge in [-0.3, -0.25) is 4.90 Å². The first-order valence-corrected chi connectivity index (χ1v) is 10.2. The van der Waals surface area contributed by atoms with E-state index in [2.05, 4.69) is 26.9 Å². The van der Waals surface area contributed by atoms with E-state index in [1.807, 2.05) is 0 Å². The molecule has 0 aromatic heterocycles. The highest BCUT2D eigenvalue weighted by Crippen LogP contribution is 2.28. The van der Waals surface area contributed by atoms with Crippen LogP contribution in [-0.2, 0) is 10.0 Å². The van der Waals surface area contributed by atoms with Crippen molar-refractivity contribution in [2.45, 2.75) is 43.5 Å². The van der Waals surface area contributed by atoms with Gasteiger partial charge in [-0.05, 0) is 43.0 Å². The summed E-state index contributed by atoms with van der Waals surface area (Å²) in [5.41, 5.74) is 0. The normalized spacial score (nSPS) is 25.0. The lowest BCUT2D eigenvalue weighted by atomic mass is 9.85. The fraction of sp³-hybridized carbons (Fsp3) is 0.588. The topological polar surface area (TPSA) is 83.0 Å². The standard InChI is InChI=1S/C17H26N4O3S/c1-13-5-3-4-6-16(13)21-11-18-17(19-12-21)20-25(22,23)15-9-7-14(24-2)8-10-15/h7-10,13,16H,3-6,11-12H2,1-2H3,(H2,18,19,20)/t13-,16+/m1/s1. The van der Waals surface area contributed by atoms with Crippen molar-refractivity contribution in [2.75, 3.05) is 20.4 Å². The lowest BCUT2D eigenvalue weighted by Crippen LogP contribution is -2.54. The maximum absolute atomic E-state index is 12.4. The Bertz CT molecular complexity index is 718. The zero-order valence-electron chi connectivity index (χ0n) is 14.7. The van der Waals surface area contributed by atoms with Gasteiger partial charge in [-0.1, -0.05) is 19.8 Å². The minimum Gasteiger partial charge on any atom is -0.497 e. The summed E-state index contributed by atoms with van der Waals surface area (Å²) in [5, 5.41) is 3.10. The Morgan fingerprint density at radius 1 is 1.24 bits per heavy atom. The van der Waals surface area contributed by atoms with E-state index in [0.717, 1.165) is 0 Å². The monoisotopic (exact) mass is 366 g/mol. The van der Waals surface area contributed by atoms with Gasteiger partial charge in [0.25, 0.3) is 10.0 Å². The Hall–Kier alpha value is -1.80. The molecule has 2 atom stereocenters. The summed E-state index contributed by atoms with van der Waals surface area (Å²) >= 11 is 0. The molecule has 1 aromatic carbocycles. The van der Waals surface area contributed by atoms with Gasteiger partial charge in [0, 0.05) is 6.04 Å². The van der Waals surface area contributed by atoms with Crippen LogP contribution in [-0.4, -0.2) is 45.8 Å². The van der Waals surface area contributed by atoms with Gasteiger partial charge in [-0.15, -0.1) is 0 Å². The predicted octanol–water partition coefficient (Wildman–Crippen LogP) is 1.73. The van der Waals surface area contributed by atoms with Crippen LogP contribution in [0.25, 0.3) is 0 Å². The Labute approximate surface area is 149 Å². The molecule has 0 amide bonds. The third kappa shape index (κ3) is 4.24. The Balaban J connectivity index is 1.63. The molecule has 1 saturated carbocycles. The third-order valence-electron chi connectivity index (χ3n) is 5.00. The van der Waals surface area contributed by atoms with Crippen molar-refractivity contribution in [3.8, 4) is 5.75 Å². The maximum Gasteiger partial charge on any atom is 0.264 e. The van der Waals surface area contributed by atoms with Gasteiger partial charge in [-0.2, -0.15) is 0 Å². The molecule has 0 unspecified atom stereocenters. The van der Waals surface area contributed by atoms with Crippen LogP contribution in [0.4, 0.5) is 0 Å². The number of methoxy groups -OCH3 is 1. The molecule has 0 bridgehead atoms. The zero-order chi connectivity index (χ0) is 17.9. The predicted molar refractivity (Wildman–Crippen MR) is 96.9 cm³/mol. The van der Waals surface area contributed by atoms with E-state index < -0.39 is 10.0 Å². The number of hydrogen-bond acceptors (Lipinski definition) is 6. The van der Waals surface area contributed by atoms with E-state index in [1.54, 1.807) is 19.2 Å². The zero-order valence-corrected chi connectivity index (χ0v) is 15.6. The summed E-state index contributed by atoms with van der Waals surface area (Å²) in [4.78, 5) is 6.85. The van der Waals surface area contributed by atoms with Gasteiger partial charge >= 0.3 is 0 Å². The van der Waals surface area contributed by atoms with Crippen LogP contribution >= 0.6 is 0 Å². The molecular formula is C17H26N4O3S. The number of guanidine groups is 1. The molecule has 0 radical (unpaired) electrons. The van der Waals surface area contributed by atoms with Crippen molar-refractivity contribution in [2.24, 2.45) is 10.9 Å². The molecule has 1 aliphatic carbocycles. The second-order valence-electron chi connectivity index (χ2n) is 6.68. The van der Waals surface area contributed by atoms with Crippen molar-refractivity contribution in [3.05, 3.63) is 24.3 Å². The molecule has 0 spiro atoms. The lowest BCUT2D eigenvalue weighted by molar-refractivity contribution is 0.106. The van der Waals surface area contributed by atoms with Crippen molar-refractivity contribution >= 4 is 16.0 Å². The van der Waals surface area contributed by atoms with Crippen molar-refractivity contribution in [1.82, 2.24) is 14.9 Å². The van der Waals surface area contributed by atoms with Crippen LogP contribution < -0.4 is 14.8 Å². The highest BCUT2D eigenvalue weighted by atomic mass is 32.2. The molecule has 138 valence electrons. The van der Waals surface area contributed by atoms with Gasteiger partial charge in [0.1, 0.15) is 5.75 Å².